The molecule has 5 aromatic rings. The highest BCUT2D eigenvalue weighted by atomic mass is 16.6. The highest BCUT2D eigenvalue weighted by Crippen LogP contribution is 2.39. The second-order valence-corrected chi connectivity index (χ2v) is 10.1. The van der Waals surface area contributed by atoms with Gasteiger partial charge in [0.25, 0.3) is 0 Å². The Bertz CT molecular complexity index is 1580. The molecule has 4 aromatic carbocycles. The first-order valence-corrected chi connectivity index (χ1v) is 13.0. The van der Waals surface area contributed by atoms with E-state index in [9.17, 15) is 4.79 Å². The average molecular weight is 485 g/mol. The number of aromatic nitrogens is 1. The fourth-order valence-electron chi connectivity index (χ4n) is 6.15. The van der Waals surface area contributed by atoms with Gasteiger partial charge in [0.05, 0.1) is 17.1 Å². The molecule has 0 N–H and O–H groups in total. The minimum atomic E-state index is -0.201. The molecule has 37 heavy (non-hydrogen) atoms. The summed E-state index contributed by atoms with van der Waals surface area (Å²) in [4.78, 5) is 14.9. The van der Waals surface area contributed by atoms with Gasteiger partial charge < -0.3 is 9.30 Å². The summed E-state index contributed by atoms with van der Waals surface area (Å²) in [5.41, 5.74) is 7.17. The van der Waals surface area contributed by atoms with Crippen molar-refractivity contribution in [2.75, 3.05) is 0 Å². The lowest BCUT2D eigenvalue weighted by atomic mass is 9.95. The molecule has 1 saturated heterocycles. The average Bonchev–Trinajstić information content (AvgIpc) is 3.43. The summed E-state index contributed by atoms with van der Waals surface area (Å²) in [5, 5.41) is 2.54. The van der Waals surface area contributed by atoms with Crippen molar-refractivity contribution in [2.24, 2.45) is 0 Å². The first kappa shape index (κ1) is 21.9. The summed E-state index contributed by atoms with van der Waals surface area (Å²) in [6.45, 7) is 0.316. The third-order valence-corrected chi connectivity index (χ3v) is 7.89. The molecule has 2 aliphatic rings. The van der Waals surface area contributed by atoms with Crippen LogP contribution >= 0.6 is 0 Å². The molecule has 0 spiro atoms. The number of para-hydroxylation sites is 2. The van der Waals surface area contributed by atoms with Gasteiger partial charge in [0.1, 0.15) is 6.61 Å². The zero-order valence-corrected chi connectivity index (χ0v) is 20.6. The molecule has 4 heteroatoms. The minimum Gasteiger partial charge on any atom is -0.445 e. The summed E-state index contributed by atoms with van der Waals surface area (Å²) < 4.78 is 8.02. The molecule has 4 nitrogen and oxygen atoms in total. The molecule has 2 atom stereocenters. The first-order chi connectivity index (χ1) is 18.3. The predicted octanol–water partition coefficient (Wildman–Crippen LogP) is 7.74. The van der Waals surface area contributed by atoms with E-state index in [2.05, 4.69) is 83.4 Å². The van der Waals surface area contributed by atoms with Crippen LogP contribution in [-0.4, -0.2) is 27.6 Å². The van der Waals surface area contributed by atoms with E-state index in [-0.39, 0.29) is 18.2 Å². The van der Waals surface area contributed by atoms with Crippen LogP contribution in [0.2, 0.25) is 0 Å². The second-order valence-electron chi connectivity index (χ2n) is 10.1. The Morgan fingerprint density at radius 3 is 2.08 bits per heavy atom. The topological polar surface area (TPSA) is 34.5 Å². The predicted molar refractivity (Wildman–Crippen MR) is 149 cm³/mol. The van der Waals surface area contributed by atoms with Gasteiger partial charge in [-0.25, -0.2) is 4.79 Å². The van der Waals surface area contributed by atoms with Gasteiger partial charge in [0.2, 0.25) is 0 Å². The summed E-state index contributed by atoms with van der Waals surface area (Å²) in [5.74, 6) is 0. The summed E-state index contributed by atoms with van der Waals surface area (Å²) >= 11 is 0. The standard InChI is InChI=1S/C33H28N2O2/c36-33(37-22-23-8-2-1-3-9-23)34-27-18-19-28(34)21-25(20-27)24-14-16-26(17-15-24)35-31-12-6-4-10-29(31)30-11-5-7-13-32(30)35/h1-17,20,27-28H,18-19,21-22H2. The van der Waals surface area contributed by atoms with Gasteiger partial charge in [-0.1, -0.05) is 84.9 Å². The SMILES string of the molecule is O=C(OCc1ccccc1)N1C2C=C(c3ccc(-n4c5ccccc5c5ccccc54)cc3)CC1CC2. The van der Waals surface area contributed by atoms with Gasteiger partial charge in [-0.05, 0) is 60.2 Å². The first-order valence-electron chi connectivity index (χ1n) is 13.0. The van der Waals surface area contributed by atoms with Crippen molar-refractivity contribution in [3.63, 3.8) is 0 Å². The van der Waals surface area contributed by atoms with Gasteiger partial charge in [0.15, 0.2) is 0 Å². The number of hydrogen-bond acceptors (Lipinski definition) is 2. The van der Waals surface area contributed by atoms with E-state index >= 15 is 0 Å². The fraction of sp³-hybridized carbons (Fsp3) is 0.182. The van der Waals surface area contributed by atoms with Crippen LogP contribution in [0.15, 0.2) is 109 Å². The molecule has 2 aliphatic heterocycles. The van der Waals surface area contributed by atoms with E-state index in [1.54, 1.807) is 0 Å². The number of hydrogen-bond donors (Lipinski definition) is 0. The lowest BCUT2D eigenvalue weighted by Gasteiger charge is -2.33. The Morgan fingerprint density at radius 1 is 0.757 bits per heavy atom. The Kier molecular flexibility index (Phi) is 5.32. The molecule has 0 saturated carbocycles. The molecule has 1 aromatic heterocycles. The normalized spacial score (nSPS) is 18.8. The lowest BCUT2D eigenvalue weighted by molar-refractivity contribution is 0.0832. The third kappa shape index (κ3) is 3.80. The smallest absolute Gasteiger partial charge is 0.410 e. The molecule has 0 radical (unpaired) electrons. The van der Waals surface area contributed by atoms with Crippen molar-refractivity contribution >= 4 is 33.5 Å². The molecule has 2 bridgehead atoms. The van der Waals surface area contributed by atoms with Crippen LogP contribution in [0.3, 0.4) is 0 Å². The van der Waals surface area contributed by atoms with Gasteiger partial charge >= 0.3 is 6.09 Å². The number of carbonyl (C=O) groups is 1. The van der Waals surface area contributed by atoms with E-state index in [0.29, 0.717) is 6.61 Å². The minimum absolute atomic E-state index is 0.106. The zero-order chi connectivity index (χ0) is 24.8. The van der Waals surface area contributed by atoms with E-state index in [0.717, 1.165) is 30.5 Å². The molecule has 1 fully saturated rings. The molecule has 0 aliphatic carbocycles. The number of ether oxygens (including phenoxy) is 1. The third-order valence-electron chi connectivity index (χ3n) is 7.89. The number of nitrogens with zero attached hydrogens (tertiary/aromatic N) is 2. The Morgan fingerprint density at radius 2 is 1.41 bits per heavy atom. The summed E-state index contributed by atoms with van der Waals surface area (Å²) in [6, 6.07) is 36.3. The highest BCUT2D eigenvalue weighted by molar-refractivity contribution is 6.09. The van der Waals surface area contributed by atoms with Crippen molar-refractivity contribution in [3.05, 3.63) is 120 Å². The number of amides is 1. The van der Waals surface area contributed by atoms with Gasteiger partial charge in [0, 0.05) is 22.5 Å². The summed E-state index contributed by atoms with van der Waals surface area (Å²) in [7, 11) is 0. The van der Waals surface area contributed by atoms with Crippen LogP contribution < -0.4 is 0 Å². The lowest BCUT2D eigenvalue weighted by Crippen LogP contribution is -2.43. The van der Waals surface area contributed by atoms with E-state index in [1.807, 2.05) is 35.2 Å². The maximum Gasteiger partial charge on any atom is 0.410 e. The van der Waals surface area contributed by atoms with Crippen LogP contribution in [0.5, 0.6) is 0 Å². The monoisotopic (exact) mass is 484 g/mol. The molecule has 182 valence electrons. The maximum absolute atomic E-state index is 12.9. The molecule has 7 rings (SSSR count). The largest absolute Gasteiger partial charge is 0.445 e. The van der Waals surface area contributed by atoms with Crippen molar-refractivity contribution < 1.29 is 9.53 Å². The highest BCUT2D eigenvalue weighted by Gasteiger charge is 2.40. The van der Waals surface area contributed by atoms with Crippen LogP contribution in [0, 0.1) is 0 Å². The quantitative estimate of drug-likeness (QED) is 0.261. The van der Waals surface area contributed by atoms with Gasteiger partial charge in [-0.15, -0.1) is 0 Å². The van der Waals surface area contributed by atoms with Crippen molar-refractivity contribution in [1.82, 2.24) is 9.47 Å². The van der Waals surface area contributed by atoms with Crippen LogP contribution in [0.25, 0.3) is 33.1 Å². The molecular formula is C33H28N2O2. The molecule has 1 amide bonds. The zero-order valence-electron chi connectivity index (χ0n) is 20.6. The van der Waals surface area contributed by atoms with E-state index < -0.39 is 0 Å². The molecular weight excluding hydrogens is 456 g/mol. The van der Waals surface area contributed by atoms with E-state index in [1.165, 1.54) is 32.9 Å². The van der Waals surface area contributed by atoms with Crippen LogP contribution in [0.4, 0.5) is 4.79 Å². The fourth-order valence-corrected chi connectivity index (χ4v) is 6.15. The molecule has 3 heterocycles. The van der Waals surface area contributed by atoms with E-state index in [4.69, 9.17) is 4.74 Å². The second kappa shape index (κ2) is 8.97. The van der Waals surface area contributed by atoms with Crippen LogP contribution in [-0.2, 0) is 11.3 Å². The summed E-state index contributed by atoms with van der Waals surface area (Å²) in [6.07, 6.45) is 4.96. The number of fused-ring (bicyclic) bond motifs is 5. The van der Waals surface area contributed by atoms with Crippen LogP contribution in [0.1, 0.15) is 30.4 Å². The maximum atomic E-state index is 12.9. The Balaban J connectivity index is 1.14. The Labute approximate surface area is 216 Å². The number of carbonyl (C=O) groups excluding carboxylic acids is 1. The van der Waals surface area contributed by atoms with Gasteiger partial charge in [-0.3, -0.25) is 4.90 Å². The number of benzene rings is 4. The number of rotatable bonds is 4. The van der Waals surface area contributed by atoms with Crippen molar-refractivity contribution in [2.45, 2.75) is 38.0 Å². The molecule has 2 unspecified atom stereocenters. The van der Waals surface area contributed by atoms with Crippen molar-refractivity contribution in [1.29, 1.82) is 0 Å². The van der Waals surface area contributed by atoms with Crippen molar-refractivity contribution in [3.8, 4) is 5.69 Å². The Hall–Kier alpha value is -4.31. The van der Waals surface area contributed by atoms with Gasteiger partial charge in [-0.2, -0.15) is 0 Å².